The minimum Gasteiger partial charge on any atom is -0.493 e. The van der Waals surface area contributed by atoms with Gasteiger partial charge in [-0.3, -0.25) is 0 Å². The number of aliphatic hydroxyl groups is 1. The molecule has 4 heteroatoms. The maximum absolute atomic E-state index is 13.5. The van der Waals surface area contributed by atoms with E-state index in [9.17, 15) is 9.50 Å². The monoisotopic (exact) mass is 315 g/mol. The quantitative estimate of drug-likeness (QED) is 0.905. The summed E-state index contributed by atoms with van der Waals surface area (Å²) in [5, 5.41) is 12.7. The molecule has 0 radical (unpaired) electrons. The SMILES string of the molecule is Cc1ccc2c(c1)C(NCc1ccc(F)c(CO)c1)CCCO2. The van der Waals surface area contributed by atoms with E-state index in [1.54, 1.807) is 12.1 Å². The van der Waals surface area contributed by atoms with Gasteiger partial charge in [-0.05, 0) is 43.5 Å². The molecule has 1 heterocycles. The molecule has 0 aromatic heterocycles. The summed E-state index contributed by atoms with van der Waals surface area (Å²) in [7, 11) is 0. The van der Waals surface area contributed by atoms with Gasteiger partial charge < -0.3 is 15.2 Å². The van der Waals surface area contributed by atoms with Crippen molar-refractivity contribution in [2.24, 2.45) is 0 Å². The minimum atomic E-state index is -0.361. The number of hydrogen-bond donors (Lipinski definition) is 2. The van der Waals surface area contributed by atoms with Crippen molar-refractivity contribution in [3.8, 4) is 5.75 Å². The van der Waals surface area contributed by atoms with E-state index in [0.717, 1.165) is 30.8 Å². The van der Waals surface area contributed by atoms with Crippen LogP contribution in [0.5, 0.6) is 5.75 Å². The third kappa shape index (κ3) is 3.71. The summed E-state index contributed by atoms with van der Waals surface area (Å²) in [6.45, 7) is 3.17. The number of aliphatic hydroxyl groups excluding tert-OH is 1. The number of benzene rings is 2. The van der Waals surface area contributed by atoms with Gasteiger partial charge >= 0.3 is 0 Å². The van der Waals surface area contributed by atoms with Gasteiger partial charge in [0.2, 0.25) is 0 Å². The Kier molecular flexibility index (Phi) is 4.94. The van der Waals surface area contributed by atoms with E-state index < -0.39 is 0 Å². The smallest absolute Gasteiger partial charge is 0.128 e. The first kappa shape index (κ1) is 16.0. The van der Waals surface area contributed by atoms with Crippen LogP contribution in [0.3, 0.4) is 0 Å². The summed E-state index contributed by atoms with van der Waals surface area (Å²) >= 11 is 0. The first-order chi connectivity index (χ1) is 11.2. The van der Waals surface area contributed by atoms with Crippen LogP contribution in [-0.4, -0.2) is 11.7 Å². The minimum absolute atomic E-state index is 0.218. The van der Waals surface area contributed by atoms with Crippen molar-refractivity contribution >= 4 is 0 Å². The zero-order chi connectivity index (χ0) is 16.2. The van der Waals surface area contributed by atoms with Crippen molar-refractivity contribution in [3.63, 3.8) is 0 Å². The second kappa shape index (κ2) is 7.11. The lowest BCUT2D eigenvalue weighted by atomic mass is 9.99. The van der Waals surface area contributed by atoms with Crippen LogP contribution in [0.1, 0.15) is 41.1 Å². The highest BCUT2D eigenvalue weighted by Gasteiger charge is 2.19. The molecule has 1 aliphatic heterocycles. The molecule has 0 fully saturated rings. The first-order valence-electron chi connectivity index (χ1n) is 8.02. The van der Waals surface area contributed by atoms with Gasteiger partial charge in [-0.15, -0.1) is 0 Å². The Labute approximate surface area is 136 Å². The van der Waals surface area contributed by atoms with Gasteiger partial charge in [0.15, 0.2) is 0 Å². The third-order valence-electron chi connectivity index (χ3n) is 4.27. The van der Waals surface area contributed by atoms with Gasteiger partial charge in [0.1, 0.15) is 11.6 Å². The van der Waals surface area contributed by atoms with Crippen molar-refractivity contribution in [1.82, 2.24) is 5.32 Å². The summed E-state index contributed by atoms with van der Waals surface area (Å²) in [5.74, 6) is 0.584. The molecule has 0 aliphatic carbocycles. The summed E-state index contributed by atoms with van der Waals surface area (Å²) in [5.41, 5.74) is 3.71. The van der Waals surface area contributed by atoms with Gasteiger partial charge in [-0.2, -0.15) is 0 Å². The van der Waals surface area contributed by atoms with Crippen LogP contribution in [0, 0.1) is 12.7 Å². The van der Waals surface area contributed by atoms with E-state index in [2.05, 4.69) is 24.4 Å². The van der Waals surface area contributed by atoms with Crippen molar-refractivity contribution in [3.05, 3.63) is 64.5 Å². The highest BCUT2D eigenvalue weighted by Crippen LogP contribution is 2.32. The zero-order valence-corrected chi connectivity index (χ0v) is 13.3. The van der Waals surface area contributed by atoms with Crippen molar-refractivity contribution in [1.29, 1.82) is 0 Å². The molecule has 3 nitrogen and oxygen atoms in total. The molecule has 2 aromatic rings. The van der Waals surface area contributed by atoms with Crippen molar-refractivity contribution in [2.75, 3.05) is 6.61 Å². The fourth-order valence-electron chi connectivity index (χ4n) is 3.01. The lowest BCUT2D eigenvalue weighted by Gasteiger charge is -2.19. The van der Waals surface area contributed by atoms with Gasteiger partial charge in [0, 0.05) is 23.7 Å². The average molecular weight is 315 g/mol. The van der Waals surface area contributed by atoms with Crippen molar-refractivity contribution in [2.45, 2.75) is 39.0 Å². The Morgan fingerprint density at radius 2 is 2.13 bits per heavy atom. The van der Waals surface area contributed by atoms with Crippen molar-refractivity contribution < 1.29 is 14.2 Å². The number of nitrogens with one attached hydrogen (secondary N) is 1. The topological polar surface area (TPSA) is 41.5 Å². The number of rotatable bonds is 4. The molecule has 0 spiro atoms. The highest BCUT2D eigenvalue weighted by atomic mass is 19.1. The zero-order valence-electron chi connectivity index (χ0n) is 13.3. The predicted octanol–water partition coefficient (Wildman–Crippen LogP) is 3.63. The molecule has 0 saturated carbocycles. The van der Waals surface area contributed by atoms with E-state index >= 15 is 0 Å². The summed E-state index contributed by atoms with van der Waals surface area (Å²) in [6, 6.07) is 11.4. The Bertz CT molecular complexity index is 687. The van der Waals surface area contributed by atoms with E-state index in [1.165, 1.54) is 17.2 Å². The fraction of sp³-hybridized carbons (Fsp3) is 0.368. The van der Waals surface area contributed by atoms with Gasteiger partial charge in [0.05, 0.1) is 13.2 Å². The maximum Gasteiger partial charge on any atom is 0.128 e. The van der Waals surface area contributed by atoms with E-state index in [4.69, 9.17) is 4.74 Å². The molecule has 23 heavy (non-hydrogen) atoms. The molecule has 0 bridgehead atoms. The highest BCUT2D eigenvalue weighted by molar-refractivity contribution is 5.40. The summed E-state index contributed by atoms with van der Waals surface area (Å²) in [4.78, 5) is 0. The number of fused-ring (bicyclic) bond motifs is 1. The molecular formula is C19H22FNO2. The van der Waals surface area contributed by atoms with Crippen LogP contribution in [-0.2, 0) is 13.2 Å². The Hall–Kier alpha value is -1.91. The molecule has 2 aromatic carbocycles. The summed E-state index contributed by atoms with van der Waals surface area (Å²) < 4.78 is 19.3. The number of aryl methyl sites for hydroxylation is 1. The average Bonchev–Trinajstić information content (AvgIpc) is 2.76. The number of ether oxygens (including phenoxy) is 1. The molecule has 122 valence electrons. The molecule has 0 saturated heterocycles. The molecule has 1 unspecified atom stereocenters. The first-order valence-corrected chi connectivity index (χ1v) is 8.02. The van der Waals surface area contributed by atoms with Gasteiger partial charge in [-0.1, -0.05) is 23.8 Å². The van der Waals surface area contributed by atoms with E-state index in [1.807, 2.05) is 6.07 Å². The largest absolute Gasteiger partial charge is 0.493 e. The van der Waals surface area contributed by atoms with Gasteiger partial charge in [-0.25, -0.2) is 4.39 Å². The van der Waals surface area contributed by atoms with Crippen LogP contribution in [0.25, 0.3) is 0 Å². The number of halogens is 1. The predicted molar refractivity (Wildman–Crippen MR) is 87.8 cm³/mol. The second-order valence-electron chi connectivity index (χ2n) is 6.05. The number of hydrogen-bond acceptors (Lipinski definition) is 3. The molecule has 1 atom stereocenters. The Balaban J connectivity index is 1.77. The Morgan fingerprint density at radius 3 is 2.96 bits per heavy atom. The lowest BCUT2D eigenvalue weighted by Crippen LogP contribution is -2.21. The summed E-state index contributed by atoms with van der Waals surface area (Å²) in [6.07, 6.45) is 2.00. The maximum atomic E-state index is 13.5. The van der Waals surface area contributed by atoms with Crippen LogP contribution in [0.4, 0.5) is 4.39 Å². The van der Waals surface area contributed by atoms with Crippen LogP contribution in [0.2, 0.25) is 0 Å². The van der Waals surface area contributed by atoms with Gasteiger partial charge in [0.25, 0.3) is 0 Å². The lowest BCUT2D eigenvalue weighted by molar-refractivity contribution is 0.275. The molecular weight excluding hydrogens is 293 g/mol. The fourth-order valence-corrected chi connectivity index (χ4v) is 3.01. The second-order valence-corrected chi connectivity index (χ2v) is 6.05. The Morgan fingerprint density at radius 1 is 1.26 bits per heavy atom. The van der Waals surface area contributed by atoms with E-state index in [-0.39, 0.29) is 18.5 Å². The van der Waals surface area contributed by atoms with Crippen LogP contribution in [0.15, 0.2) is 36.4 Å². The molecule has 3 rings (SSSR count). The molecule has 2 N–H and O–H groups in total. The van der Waals surface area contributed by atoms with Crippen LogP contribution >= 0.6 is 0 Å². The molecule has 1 aliphatic rings. The molecule has 0 amide bonds. The van der Waals surface area contributed by atoms with Crippen LogP contribution < -0.4 is 10.1 Å². The van der Waals surface area contributed by atoms with E-state index in [0.29, 0.717) is 12.1 Å². The standard InChI is InChI=1S/C19H22FNO2/c1-13-4-7-19-16(9-13)18(3-2-8-23-19)21-11-14-5-6-17(20)15(10-14)12-22/h4-7,9-10,18,21-22H,2-3,8,11-12H2,1H3. The normalized spacial score (nSPS) is 17.3. The third-order valence-corrected chi connectivity index (χ3v) is 4.27.